The minimum absolute atomic E-state index is 0.00464. The van der Waals surface area contributed by atoms with Gasteiger partial charge in [-0.05, 0) is 36.2 Å². The molecule has 3 rings (SSSR count). The summed E-state index contributed by atoms with van der Waals surface area (Å²) in [4.78, 5) is 12.0. The fourth-order valence-corrected chi connectivity index (χ4v) is 2.80. The molecular formula is C18H19ClN2O3. The Bertz CT molecular complexity index is 736. The molecule has 0 saturated heterocycles. The first kappa shape index (κ1) is 16.6. The molecule has 24 heavy (non-hydrogen) atoms. The van der Waals surface area contributed by atoms with Gasteiger partial charge in [-0.3, -0.25) is 4.79 Å². The normalized spacial score (nSPS) is 13.6. The van der Waals surface area contributed by atoms with E-state index < -0.39 is 0 Å². The molecule has 1 atom stereocenters. The Labute approximate surface area is 145 Å². The third-order valence-electron chi connectivity index (χ3n) is 3.87. The van der Waals surface area contributed by atoms with Gasteiger partial charge in [0.25, 0.3) is 0 Å². The lowest BCUT2D eigenvalue weighted by Crippen LogP contribution is -2.34. The van der Waals surface area contributed by atoms with Gasteiger partial charge in [0, 0.05) is 17.6 Å². The Balaban J connectivity index is 1.47. The van der Waals surface area contributed by atoms with Crippen molar-refractivity contribution in [2.24, 2.45) is 0 Å². The lowest BCUT2D eigenvalue weighted by atomic mass is 10.1. The van der Waals surface area contributed by atoms with Gasteiger partial charge in [-0.2, -0.15) is 0 Å². The molecule has 0 saturated carbocycles. The molecule has 2 aromatic carbocycles. The van der Waals surface area contributed by atoms with Gasteiger partial charge in [0.15, 0.2) is 11.5 Å². The molecule has 0 aromatic heterocycles. The Kier molecular flexibility index (Phi) is 5.23. The van der Waals surface area contributed by atoms with E-state index in [9.17, 15) is 4.79 Å². The van der Waals surface area contributed by atoms with Crippen LogP contribution < -0.4 is 20.1 Å². The zero-order valence-corrected chi connectivity index (χ0v) is 14.1. The zero-order valence-electron chi connectivity index (χ0n) is 13.3. The molecule has 5 nitrogen and oxygen atoms in total. The van der Waals surface area contributed by atoms with E-state index in [4.69, 9.17) is 21.1 Å². The lowest BCUT2D eigenvalue weighted by molar-refractivity contribution is -0.120. The number of carbonyl (C=O) groups excluding carboxylic acids is 1. The summed E-state index contributed by atoms with van der Waals surface area (Å²) in [6.07, 6.45) is 0. The van der Waals surface area contributed by atoms with E-state index in [0.29, 0.717) is 17.3 Å². The standard InChI is InChI=1S/C18H19ClN2O3/c1-12(14-4-2-3-5-15(14)19)20-10-18(22)21-9-13-6-7-16-17(8-13)24-11-23-16/h2-8,12,20H,9-11H2,1H3,(H,21,22). The van der Waals surface area contributed by atoms with Crippen molar-refractivity contribution in [3.8, 4) is 11.5 Å². The number of fused-ring (bicyclic) bond motifs is 1. The largest absolute Gasteiger partial charge is 0.454 e. The summed E-state index contributed by atoms with van der Waals surface area (Å²) in [5.74, 6) is 1.37. The molecule has 1 aliphatic heterocycles. The SMILES string of the molecule is CC(NCC(=O)NCc1ccc2c(c1)OCO2)c1ccccc1Cl. The Morgan fingerprint density at radius 1 is 1.21 bits per heavy atom. The summed E-state index contributed by atoms with van der Waals surface area (Å²) in [6.45, 7) is 2.88. The number of hydrogen-bond donors (Lipinski definition) is 2. The van der Waals surface area contributed by atoms with E-state index >= 15 is 0 Å². The fraction of sp³-hybridized carbons (Fsp3) is 0.278. The van der Waals surface area contributed by atoms with E-state index in [2.05, 4.69) is 10.6 Å². The van der Waals surface area contributed by atoms with Crippen LogP contribution in [0.4, 0.5) is 0 Å². The Hall–Kier alpha value is -2.24. The van der Waals surface area contributed by atoms with Gasteiger partial charge in [-0.1, -0.05) is 35.9 Å². The summed E-state index contributed by atoms with van der Waals surface area (Å²) in [7, 11) is 0. The molecule has 6 heteroatoms. The van der Waals surface area contributed by atoms with Gasteiger partial charge in [0.2, 0.25) is 12.7 Å². The van der Waals surface area contributed by atoms with Crippen LogP contribution in [0.15, 0.2) is 42.5 Å². The molecule has 1 heterocycles. The quantitative estimate of drug-likeness (QED) is 0.844. The second kappa shape index (κ2) is 7.55. The van der Waals surface area contributed by atoms with Crippen molar-refractivity contribution in [1.29, 1.82) is 0 Å². The summed E-state index contributed by atoms with van der Waals surface area (Å²) < 4.78 is 10.6. The number of ether oxygens (including phenoxy) is 2. The maximum Gasteiger partial charge on any atom is 0.234 e. The number of rotatable bonds is 6. The monoisotopic (exact) mass is 346 g/mol. The van der Waals surface area contributed by atoms with Crippen LogP contribution in [0.25, 0.3) is 0 Å². The van der Waals surface area contributed by atoms with Crippen LogP contribution in [0, 0.1) is 0 Å². The minimum atomic E-state index is -0.0772. The number of amides is 1. The molecule has 0 bridgehead atoms. The third-order valence-corrected chi connectivity index (χ3v) is 4.21. The van der Waals surface area contributed by atoms with E-state index in [-0.39, 0.29) is 25.3 Å². The molecule has 0 spiro atoms. The predicted octanol–water partition coefficient (Wildman–Crippen LogP) is 3.04. The molecule has 0 aliphatic carbocycles. The van der Waals surface area contributed by atoms with Crippen LogP contribution in [0.1, 0.15) is 24.1 Å². The van der Waals surface area contributed by atoms with Gasteiger partial charge < -0.3 is 20.1 Å². The van der Waals surface area contributed by atoms with Crippen LogP contribution in [0.2, 0.25) is 5.02 Å². The first-order valence-electron chi connectivity index (χ1n) is 7.76. The maximum atomic E-state index is 12.0. The highest BCUT2D eigenvalue weighted by molar-refractivity contribution is 6.31. The van der Waals surface area contributed by atoms with Gasteiger partial charge in [0.1, 0.15) is 0 Å². The van der Waals surface area contributed by atoms with Crippen molar-refractivity contribution in [3.05, 3.63) is 58.6 Å². The Morgan fingerprint density at radius 2 is 2.00 bits per heavy atom. The van der Waals surface area contributed by atoms with Gasteiger partial charge in [0.05, 0.1) is 6.54 Å². The third kappa shape index (κ3) is 3.99. The molecule has 2 aromatic rings. The summed E-state index contributed by atoms with van der Waals surface area (Å²) in [5.41, 5.74) is 1.94. The van der Waals surface area contributed by atoms with Crippen molar-refractivity contribution < 1.29 is 14.3 Å². The highest BCUT2D eigenvalue weighted by Crippen LogP contribution is 2.32. The molecule has 1 amide bonds. The Morgan fingerprint density at radius 3 is 2.83 bits per heavy atom. The molecule has 2 N–H and O–H groups in total. The van der Waals surface area contributed by atoms with Crippen LogP contribution in [0.3, 0.4) is 0 Å². The van der Waals surface area contributed by atoms with Crippen molar-refractivity contribution >= 4 is 17.5 Å². The fourth-order valence-electron chi connectivity index (χ4n) is 2.50. The second-order valence-corrected chi connectivity index (χ2v) is 6.00. The first-order chi connectivity index (χ1) is 11.6. The molecule has 1 aliphatic rings. The maximum absolute atomic E-state index is 12.0. The molecule has 1 unspecified atom stereocenters. The number of nitrogens with one attached hydrogen (secondary N) is 2. The van der Waals surface area contributed by atoms with Gasteiger partial charge in [-0.25, -0.2) is 0 Å². The number of hydrogen-bond acceptors (Lipinski definition) is 4. The molecular weight excluding hydrogens is 328 g/mol. The van der Waals surface area contributed by atoms with Crippen LogP contribution in [-0.4, -0.2) is 19.2 Å². The number of benzene rings is 2. The van der Waals surface area contributed by atoms with E-state index in [0.717, 1.165) is 16.9 Å². The van der Waals surface area contributed by atoms with Gasteiger partial charge in [-0.15, -0.1) is 0 Å². The summed E-state index contributed by atoms with van der Waals surface area (Å²) >= 11 is 6.16. The zero-order chi connectivity index (χ0) is 16.9. The van der Waals surface area contributed by atoms with Crippen molar-refractivity contribution in [3.63, 3.8) is 0 Å². The number of carbonyl (C=O) groups is 1. The second-order valence-electron chi connectivity index (χ2n) is 5.59. The van der Waals surface area contributed by atoms with Crippen LogP contribution in [0.5, 0.6) is 11.5 Å². The first-order valence-corrected chi connectivity index (χ1v) is 8.14. The average molecular weight is 347 g/mol. The smallest absolute Gasteiger partial charge is 0.234 e. The average Bonchev–Trinajstić information content (AvgIpc) is 3.06. The van der Waals surface area contributed by atoms with Crippen molar-refractivity contribution in [2.75, 3.05) is 13.3 Å². The molecule has 126 valence electrons. The van der Waals surface area contributed by atoms with E-state index in [1.54, 1.807) is 0 Å². The van der Waals surface area contributed by atoms with E-state index in [1.807, 2.05) is 49.4 Å². The van der Waals surface area contributed by atoms with Crippen LogP contribution in [-0.2, 0) is 11.3 Å². The summed E-state index contributed by atoms with van der Waals surface area (Å²) in [6, 6.07) is 13.2. The van der Waals surface area contributed by atoms with Crippen LogP contribution >= 0.6 is 11.6 Å². The van der Waals surface area contributed by atoms with Crippen molar-refractivity contribution in [2.45, 2.75) is 19.5 Å². The molecule has 0 radical (unpaired) electrons. The minimum Gasteiger partial charge on any atom is -0.454 e. The topological polar surface area (TPSA) is 59.6 Å². The molecule has 0 fully saturated rings. The van der Waals surface area contributed by atoms with Gasteiger partial charge >= 0.3 is 0 Å². The van der Waals surface area contributed by atoms with E-state index in [1.165, 1.54) is 0 Å². The van der Waals surface area contributed by atoms with Crippen molar-refractivity contribution in [1.82, 2.24) is 10.6 Å². The lowest BCUT2D eigenvalue weighted by Gasteiger charge is -2.15. The highest BCUT2D eigenvalue weighted by Gasteiger charge is 2.14. The number of halogens is 1. The predicted molar refractivity (Wildman–Crippen MR) is 92.3 cm³/mol. The highest BCUT2D eigenvalue weighted by atomic mass is 35.5. The summed E-state index contributed by atoms with van der Waals surface area (Å²) in [5, 5.41) is 6.75.